The van der Waals surface area contributed by atoms with Crippen LogP contribution in [0.15, 0.2) is 36.5 Å². The molecule has 0 bridgehead atoms. The first-order valence-electron chi connectivity index (χ1n) is 9.69. The van der Waals surface area contributed by atoms with Crippen LogP contribution < -0.4 is 0 Å². The van der Waals surface area contributed by atoms with Crippen LogP contribution in [0, 0.1) is 11.8 Å². The van der Waals surface area contributed by atoms with Gasteiger partial charge in [0.15, 0.2) is 0 Å². The summed E-state index contributed by atoms with van der Waals surface area (Å²) in [6, 6.07) is 0. The van der Waals surface area contributed by atoms with E-state index in [1.165, 1.54) is 0 Å². The smallest absolute Gasteiger partial charge is 0.333 e. The zero-order valence-electron chi connectivity index (χ0n) is 18.7. The molecule has 2 N–H and O–H groups in total. The Balaban J connectivity index is 0.000000451. The maximum Gasteiger partial charge on any atom is 0.333 e. The van der Waals surface area contributed by atoms with Crippen molar-refractivity contribution in [2.75, 3.05) is 13.2 Å². The molecule has 174 valence electrons. The summed E-state index contributed by atoms with van der Waals surface area (Å²) in [5, 5.41) is 15.6. The zero-order valence-corrected chi connectivity index (χ0v) is 18.7. The highest BCUT2D eigenvalue weighted by molar-refractivity contribution is 5.89. The molecule has 1 heterocycles. The van der Waals surface area contributed by atoms with Gasteiger partial charge in [-0.2, -0.15) is 0 Å². The number of esters is 2. The molecule has 1 aliphatic carbocycles. The number of carbonyl (C=O) groups is 4. The summed E-state index contributed by atoms with van der Waals surface area (Å²) in [5.41, 5.74) is 0.718. The van der Waals surface area contributed by atoms with Crippen LogP contribution in [0.4, 0.5) is 0 Å². The minimum Gasteiger partial charge on any atom is -0.478 e. The van der Waals surface area contributed by atoms with E-state index in [0.29, 0.717) is 48.3 Å². The Morgan fingerprint density at radius 2 is 1.48 bits per heavy atom. The van der Waals surface area contributed by atoms with Gasteiger partial charge in [-0.25, -0.2) is 19.2 Å². The molecule has 0 aromatic heterocycles. The van der Waals surface area contributed by atoms with Gasteiger partial charge < -0.3 is 24.4 Å². The highest BCUT2D eigenvalue weighted by Gasteiger charge is 2.57. The number of ether oxygens (including phenoxy) is 3. The summed E-state index contributed by atoms with van der Waals surface area (Å²) in [4.78, 5) is 41.1. The van der Waals surface area contributed by atoms with Gasteiger partial charge in [0.1, 0.15) is 18.3 Å². The second-order valence-electron chi connectivity index (χ2n) is 7.73. The van der Waals surface area contributed by atoms with Crippen molar-refractivity contribution in [1.82, 2.24) is 0 Å². The summed E-state index contributed by atoms with van der Waals surface area (Å²) < 4.78 is 15.0. The van der Waals surface area contributed by atoms with Gasteiger partial charge >= 0.3 is 23.9 Å². The van der Waals surface area contributed by atoms with Gasteiger partial charge in [-0.1, -0.05) is 33.9 Å². The van der Waals surface area contributed by atoms with Gasteiger partial charge in [0.25, 0.3) is 0 Å². The van der Waals surface area contributed by atoms with Gasteiger partial charge in [0.05, 0.1) is 6.61 Å². The van der Waals surface area contributed by atoms with Gasteiger partial charge in [-0.15, -0.1) is 0 Å². The average molecular weight is 440 g/mol. The Kier molecular flexibility index (Phi) is 11.5. The number of aliphatic carboxylic acids is 2. The third kappa shape index (κ3) is 11.7. The van der Waals surface area contributed by atoms with Crippen molar-refractivity contribution < 1.29 is 43.6 Å². The fourth-order valence-electron chi connectivity index (χ4n) is 2.34. The maximum absolute atomic E-state index is 11.3. The molecule has 3 unspecified atom stereocenters. The lowest BCUT2D eigenvalue weighted by molar-refractivity contribution is -0.150. The molecule has 0 aromatic carbocycles. The minimum absolute atomic E-state index is 0.142. The van der Waals surface area contributed by atoms with E-state index in [-0.39, 0.29) is 23.6 Å². The Bertz CT molecular complexity index is 715. The number of carboxylic acid groups (broad SMARTS) is 2. The molecular weight excluding hydrogens is 408 g/mol. The molecular formula is C22H32O9. The van der Waals surface area contributed by atoms with E-state index in [2.05, 4.69) is 33.9 Å². The van der Waals surface area contributed by atoms with E-state index in [1.807, 2.05) is 0 Å². The number of hydrogen-bond donors (Lipinski definition) is 2. The van der Waals surface area contributed by atoms with Crippen LogP contribution in [0.5, 0.6) is 0 Å². The molecule has 9 heteroatoms. The molecule has 0 aromatic rings. The van der Waals surface area contributed by atoms with Crippen molar-refractivity contribution in [1.29, 1.82) is 0 Å². The molecule has 2 aliphatic rings. The molecule has 3 atom stereocenters. The average Bonchev–Trinajstić information content (AvgIpc) is 3.57. The summed E-state index contributed by atoms with van der Waals surface area (Å²) >= 11 is 0. The second-order valence-corrected chi connectivity index (χ2v) is 7.73. The fraction of sp³-hybridized carbons (Fsp3) is 0.545. The van der Waals surface area contributed by atoms with Crippen LogP contribution in [0.1, 0.15) is 41.0 Å². The van der Waals surface area contributed by atoms with E-state index in [4.69, 9.17) is 24.4 Å². The Labute approximate surface area is 182 Å². The number of carbonyl (C=O) groups excluding carboxylic acids is 2. The number of rotatable bonds is 8. The second kappa shape index (κ2) is 12.7. The first kappa shape index (κ1) is 28.1. The molecule has 1 saturated heterocycles. The SMILES string of the molecule is C=C(C)C(=O)OC1(C(C)C)CC1C.C=C(C)C(=O)OCC1CO1.O=C(O)/C=C\C(=O)O. The molecule has 0 spiro atoms. The zero-order chi connectivity index (χ0) is 24.4. The van der Waals surface area contributed by atoms with Crippen LogP contribution in [0.2, 0.25) is 0 Å². The molecule has 2 fully saturated rings. The topological polar surface area (TPSA) is 140 Å². The normalized spacial score (nSPS) is 22.8. The number of carboxylic acids is 2. The van der Waals surface area contributed by atoms with Crippen molar-refractivity contribution in [2.45, 2.75) is 52.7 Å². The van der Waals surface area contributed by atoms with Crippen LogP contribution in [-0.4, -0.2) is 59.0 Å². The largest absolute Gasteiger partial charge is 0.478 e. The van der Waals surface area contributed by atoms with Crippen molar-refractivity contribution >= 4 is 23.9 Å². The summed E-state index contributed by atoms with van der Waals surface area (Å²) in [6.45, 7) is 17.7. The predicted octanol–water partition coefficient (Wildman–Crippen LogP) is 2.76. The molecule has 1 aliphatic heterocycles. The highest BCUT2D eigenvalue weighted by Crippen LogP contribution is 2.52. The van der Waals surface area contributed by atoms with Gasteiger partial charge in [-0.05, 0) is 26.2 Å². The van der Waals surface area contributed by atoms with Crippen LogP contribution in [-0.2, 0) is 33.4 Å². The van der Waals surface area contributed by atoms with Crippen LogP contribution in [0.25, 0.3) is 0 Å². The predicted molar refractivity (Wildman–Crippen MR) is 112 cm³/mol. The Morgan fingerprint density at radius 1 is 1.06 bits per heavy atom. The van der Waals surface area contributed by atoms with Crippen molar-refractivity contribution in [3.05, 3.63) is 36.5 Å². The number of epoxide rings is 1. The molecule has 2 rings (SSSR count). The highest BCUT2D eigenvalue weighted by atomic mass is 16.6. The standard InChI is InChI=1S/C11H18O2.C7H10O3.C4H4O4/c1-7(2)10(12)13-11(8(3)4)6-9(11)5;1-5(2)7(8)10-4-6-3-9-6;5-3(6)1-2-4(7)8/h8-9H,1,6H2,2-5H3;6H,1,3-4H2,2H3;1-2H,(H,5,6)(H,7,8)/b;;2-1-. The fourth-order valence-corrected chi connectivity index (χ4v) is 2.34. The Morgan fingerprint density at radius 3 is 1.74 bits per heavy atom. The Hall–Kier alpha value is -2.94. The van der Waals surface area contributed by atoms with E-state index in [0.717, 1.165) is 6.42 Å². The van der Waals surface area contributed by atoms with E-state index in [1.54, 1.807) is 13.8 Å². The lowest BCUT2D eigenvalue weighted by Gasteiger charge is -2.21. The maximum atomic E-state index is 11.3. The van der Waals surface area contributed by atoms with E-state index >= 15 is 0 Å². The molecule has 0 amide bonds. The first-order chi connectivity index (χ1) is 14.2. The van der Waals surface area contributed by atoms with E-state index in [9.17, 15) is 19.2 Å². The third-order valence-electron chi connectivity index (χ3n) is 4.43. The molecule has 0 radical (unpaired) electrons. The lowest BCUT2D eigenvalue weighted by Crippen LogP contribution is -2.27. The lowest BCUT2D eigenvalue weighted by atomic mass is 10.0. The van der Waals surface area contributed by atoms with E-state index < -0.39 is 11.9 Å². The molecule has 1 saturated carbocycles. The van der Waals surface area contributed by atoms with Crippen molar-refractivity contribution in [2.24, 2.45) is 11.8 Å². The van der Waals surface area contributed by atoms with Gasteiger partial charge in [0.2, 0.25) is 0 Å². The van der Waals surface area contributed by atoms with Crippen molar-refractivity contribution in [3.63, 3.8) is 0 Å². The number of hydrogen-bond acceptors (Lipinski definition) is 7. The first-order valence-corrected chi connectivity index (χ1v) is 9.69. The summed E-state index contributed by atoms with van der Waals surface area (Å²) in [7, 11) is 0. The van der Waals surface area contributed by atoms with Crippen LogP contribution >= 0.6 is 0 Å². The minimum atomic E-state index is -1.26. The van der Waals surface area contributed by atoms with Gasteiger partial charge in [0, 0.05) is 29.2 Å². The van der Waals surface area contributed by atoms with Crippen LogP contribution in [0.3, 0.4) is 0 Å². The third-order valence-corrected chi connectivity index (χ3v) is 4.43. The monoisotopic (exact) mass is 440 g/mol. The molecule has 9 nitrogen and oxygen atoms in total. The quantitative estimate of drug-likeness (QED) is 0.331. The molecule has 31 heavy (non-hydrogen) atoms. The summed E-state index contributed by atoms with van der Waals surface area (Å²) in [5.74, 6) is -2.21. The van der Waals surface area contributed by atoms with Gasteiger partial charge in [-0.3, -0.25) is 0 Å². The summed E-state index contributed by atoms with van der Waals surface area (Å²) in [6.07, 6.45) is 2.25. The van der Waals surface area contributed by atoms with Crippen molar-refractivity contribution in [3.8, 4) is 0 Å².